The normalized spacial score (nSPS) is 26.1. The van der Waals surface area contributed by atoms with Crippen molar-refractivity contribution in [2.24, 2.45) is 0 Å². The Hall–Kier alpha value is -0.650. The van der Waals surface area contributed by atoms with Crippen LogP contribution < -0.4 is 5.32 Å². The molecular weight excluding hydrogens is 220 g/mol. The predicted molar refractivity (Wildman–Crippen MR) is 65.8 cm³/mol. The molecule has 1 saturated heterocycles. The molecule has 1 fully saturated rings. The minimum absolute atomic E-state index is 0.0385. The van der Waals surface area contributed by atoms with Crippen LogP contribution in [0.1, 0.15) is 27.7 Å². The Morgan fingerprint density at radius 2 is 2.18 bits per heavy atom. The molecule has 1 amide bonds. The highest BCUT2D eigenvalue weighted by atomic mass is 16.5. The number of hydrogen-bond acceptors (Lipinski definition) is 4. The number of rotatable bonds is 3. The summed E-state index contributed by atoms with van der Waals surface area (Å²) in [7, 11) is 0. The molecule has 0 aromatic rings. The predicted octanol–water partition coefficient (Wildman–Crippen LogP) is -0.0173. The van der Waals surface area contributed by atoms with Crippen LogP contribution in [0.4, 0.5) is 0 Å². The van der Waals surface area contributed by atoms with Gasteiger partial charge in [-0.2, -0.15) is 0 Å². The quantitative estimate of drug-likeness (QED) is 0.732. The molecule has 100 valence electrons. The summed E-state index contributed by atoms with van der Waals surface area (Å²) in [5.41, 5.74) is -0.0679. The number of amides is 1. The average molecular weight is 244 g/mol. The molecule has 1 aliphatic rings. The molecule has 1 aliphatic heterocycles. The van der Waals surface area contributed by atoms with Gasteiger partial charge in [0.25, 0.3) is 0 Å². The highest BCUT2D eigenvalue weighted by Gasteiger charge is 2.29. The maximum atomic E-state index is 12.0. The first-order chi connectivity index (χ1) is 7.83. The molecule has 0 bridgehead atoms. The molecule has 2 N–H and O–H groups in total. The first kappa shape index (κ1) is 14.4. The second kappa shape index (κ2) is 5.80. The van der Waals surface area contributed by atoms with Crippen molar-refractivity contribution in [1.29, 1.82) is 0 Å². The number of aliphatic hydroxyl groups excluding tert-OH is 1. The van der Waals surface area contributed by atoms with Crippen LogP contribution in [0.3, 0.4) is 0 Å². The third-order valence-electron chi connectivity index (χ3n) is 2.80. The minimum Gasteiger partial charge on any atom is -0.394 e. The molecule has 17 heavy (non-hydrogen) atoms. The Morgan fingerprint density at radius 3 is 2.71 bits per heavy atom. The number of ether oxygens (including phenoxy) is 1. The SMILES string of the molecule is CC1COC(CO)CN1C(=O)CNC(C)(C)C. The van der Waals surface area contributed by atoms with Crippen LogP contribution in [0, 0.1) is 0 Å². The lowest BCUT2D eigenvalue weighted by atomic mass is 10.1. The number of morpholine rings is 1. The fraction of sp³-hybridized carbons (Fsp3) is 0.917. The van der Waals surface area contributed by atoms with Gasteiger partial charge in [0.05, 0.1) is 31.9 Å². The van der Waals surface area contributed by atoms with E-state index in [-0.39, 0.29) is 30.2 Å². The minimum atomic E-state index is -0.246. The number of hydrogen-bond donors (Lipinski definition) is 2. The molecular formula is C12H24N2O3. The summed E-state index contributed by atoms with van der Waals surface area (Å²) in [6.45, 7) is 9.30. The van der Waals surface area contributed by atoms with Gasteiger partial charge in [-0.3, -0.25) is 4.79 Å². The smallest absolute Gasteiger partial charge is 0.236 e. The fourth-order valence-electron chi connectivity index (χ4n) is 1.72. The van der Waals surface area contributed by atoms with Gasteiger partial charge in [0.15, 0.2) is 0 Å². The van der Waals surface area contributed by atoms with Gasteiger partial charge in [-0.1, -0.05) is 0 Å². The monoisotopic (exact) mass is 244 g/mol. The van der Waals surface area contributed by atoms with Gasteiger partial charge in [0, 0.05) is 12.1 Å². The van der Waals surface area contributed by atoms with Gasteiger partial charge in [-0.25, -0.2) is 0 Å². The first-order valence-corrected chi connectivity index (χ1v) is 6.10. The molecule has 0 radical (unpaired) electrons. The van der Waals surface area contributed by atoms with E-state index >= 15 is 0 Å². The molecule has 0 spiro atoms. The van der Waals surface area contributed by atoms with E-state index in [2.05, 4.69) is 5.32 Å². The van der Waals surface area contributed by atoms with E-state index in [9.17, 15) is 4.79 Å². The molecule has 5 heteroatoms. The lowest BCUT2D eigenvalue weighted by Crippen LogP contribution is -2.55. The van der Waals surface area contributed by atoms with Crippen molar-refractivity contribution in [3.63, 3.8) is 0 Å². The van der Waals surface area contributed by atoms with Gasteiger partial charge >= 0.3 is 0 Å². The van der Waals surface area contributed by atoms with Crippen molar-refractivity contribution in [2.45, 2.75) is 45.4 Å². The Kier molecular flexibility index (Phi) is 4.91. The van der Waals surface area contributed by atoms with Crippen LogP contribution in [-0.4, -0.2) is 59.9 Å². The molecule has 1 rings (SSSR count). The zero-order valence-corrected chi connectivity index (χ0v) is 11.2. The van der Waals surface area contributed by atoms with Crippen molar-refractivity contribution < 1.29 is 14.6 Å². The first-order valence-electron chi connectivity index (χ1n) is 6.10. The van der Waals surface area contributed by atoms with Crippen LogP contribution in [0.5, 0.6) is 0 Å². The van der Waals surface area contributed by atoms with E-state index in [0.29, 0.717) is 19.7 Å². The number of carbonyl (C=O) groups is 1. The number of carbonyl (C=O) groups excluding carboxylic acids is 1. The van der Waals surface area contributed by atoms with Crippen molar-refractivity contribution in [2.75, 3.05) is 26.3 Å². The maximum absolute atomic E-state index is 12.0. The summed E-state index contributed by atoms with van der Waals surface area (Å²) in [5.74, 6) is 0.0641. The van der Waals surface area contributed by atoms with Crippen LogP contribution in [-0.2, 0) is 9.53 Å². The van der Waals surface area contributed by atoms with E-state index in [1.165, 1.54) is 0 Å². The van der Waals surface area contributed by atoms with Crippen LogP contribution in [0.25, 0.3) is 0 Å². The van der Waals surface area contributed by atoms with Gasteiger partial charge < -0.3 is 20.1 Å². The van der Waals surface area contributed by atoms with E-state index in [4.69, 9.17) is 9.84 Å². The number of nitrogens with zero attached hydrogens (tertiary/aromatic N) is 1. The molecule has 2 unspecified atom stereocenters. The van der Waals surface area contributed by atoms with Crippen molar-refractivity contribution in [3.05, 3.63) is 0 Å². The lowest BCUT2D eigenvalue weighted by molar-refractivity contribution is -0.145. The molecule has 0 aromatic carbocycles. The van der Waals surface area contributed by atoms with Gasteiger partial charge in [-0.15, -0.1) is 0 Å². The number of aliphatic hydroxyl groups is 1. The number of nitrogens with one attached hydrogen (secondary N) is 1. The molecule has 0 aromatic heterocycles. The van der Waals surface area contributed by atoms with Crippen LogP contribution in [0.2, 0.25) is 0 Å². The Bertz CT molecular complexity index is 263. The summed E-state index contributed by atoms with van der Waals surface area (Å²) in [5, 5.41) is 12.2. The molecule has 1 heterocycles. The summed E-state index contributed by atoms with van der Waals surface area (Å²) >= 11 is 0. The van der Waals surface area contributed by atoms with Crippen molar-refractivity contribution in [3.8, 4) is 0 Å². The third kappa shape index (κ3) is 4.61. The largest absolute Gasteiger partial charge is 0.394 e. The van der Waals surface area contributed by atoms with E-state index in [0.717, 1.165) is 0 Å². The topological polar surface area (TPSA) is 61.8 Å². The molecule has 0 aliphatic carbocycles. The molecule has 2 atom stereocenters. The Morgan fingerprint density at radius 1 is 1.53 bits per heavy atom. The zero-order chi connectivity index (χ0) is 13.1. The summed E-state index contributed by atoms with van der Waals surface area (Å²) < 4.78 is 5.40. The summed E-state index contributed by atoms with van der Waals surface area (Å²) in [4.78, 5) is 13.8. The highest BCUT2D eigenvalue weighted by Crippen LogP contribution is 2.11. The van der Waals surface area contributed by atoms with Gasteiger partial charge in [0.2, 0.25) is 5.91 Å². The second-order valence-electron chi connectivity index (χ2n) is 5.64. The maximum Gasteiger partial charge on any atom is 0.236 e. The third-order valence-corrected chi connectivity index (χ3v) is 2.80. The van der Waals surface area contributed by atoms with Crippen LogP contribution >= 0.6 is 0 Å². The molecule has 5 nitrogen and oxygen atoms in total. The van der Waals surface area contributed by atoms with Crippen LogP contribution in [0.15, 0.2) is 0 Å². The van der Waals surface area contributed by atoms with Gasteiger partial charge in [0.1, 0.15) is 0 Å². The second-order valence-corrected chi connectivity index (χ2v) is 5.64. The summed E-state index contributed by atoms with van der Waals surface area (Å²) in [6.07, 6.45) is -0.246. The van der Waals surface area contributed by atoms with Crippen molar-refractivity contribution >= 4 is 5.91 Å². The van der Waals surface area contributed by atoms with Crippen molar-refractivity contribution in [1.82, 2.24) is 10.2 Å². The fourth-order valence-corrected chi connectivity index (χ4v) is 1.72. The van der Waals surface area contributed by atoms with E-state index in [1.807, 2.05) is 27.7 Å². The standard InChI is InChI=1S/C12H24N2O3/c1-9-8-17-10(7-15)6-14(9)11(16)5-13-12(2,3)4/h9-10,13,15H,5-8H2,1-4H3. The highest BCUT2D eigenvalue weighted by molar-refractivity contribution is 5.78. The average Bonchev–Trinajstić information content (AvgIpc) is 2.25. The van der Waals surface area contributed by atoms with Gasteiger partial charge in [-0.05, 0) is 27.7 Å². The van der Waals surface area contributed by atoms with E-state index in [1.54, 1.807) is 4.90 Å². The summed E-state index contributed by atoms with van der Waals surface area (Å²) in [6, 6.07) is 0.0760. The van der Waals surface area contributed by atoms with E-state index < -0.39 is 0 Å². The lowest BCUT2D eigenvalue weighted by Gasteiger charge is -2.38. The Labute approximate surface area is 103 Å². The zero-order valence-electron chi connectivity index (χ0n) is 11.2. The Balaban J connectivity index is 2.49. The molecule has 0 saturated carbocycles.